The maximum absolute atomic E-state index is 14.0. The van der Waals surface area contributed by atoms with Gasteiger partial charge in [-0.05, 0) is 45.9 Å². The fourth-order valence-corrected chi connectivity index (χ4v) is 6.17. The number of likely N-dealkylation sites (N-methyl/N-ethyl adjacent to an activating group) is 1. The molecule has 0 spiro atoms. The largest absolute Gasteiger partial charge is 0.392 e. The van der Waals surface area contributed by atoms with Crippen molar-refractivity contribution in [3.05, 3.63) is 40.4 Å². The molecule has 2 aromatic heterocycles. The molecular formula is C25H36N8O4S. The zero-order chi connectivity index (χ0) is 27.2. The first-order chi connectivity index (χ1) is 17.9. The zero-order valence-corrected chi connectivity index (χ0v) is 23.1. The van der Waals surface area contributed by atoms with Gasteiger partial charge in [0.25, 0.3) is 5.56 Å². The van der Waals surface area contributed by atoms with E-state index in [1.807, 2.05) is 20.2 Å². The smallest absolute Gasteiger partial charge is 0.263 e. The molecule has 3 N–H and O–H groups in total. The Kier molecular flexibility index (Phi) is 6.97. The van der Waals surface area contributed by atoms with Gasteiger partial charge < -0.3 is 20.2 Å². The standard InChI is InChI=1S/C25H36N8O4S/c1-17(34)13-26-24-28-22-20(23(35)33(24)16-18-14-27-31(4)15-18)11-19(38(36,37)29-25(2)5-6-25)12-21(22)32-9-7-30(3)8-10-32/h11-12,14-15,17,29,34H,5-10,13,16H2,1-4H3,(H,26,28)/t17-/m0/s1. The minimum atomic E-state index is -3.86. The third-order valence-electron chi connectivity index (χ3n) is 7.20. The van der Waals surface area contributed by atoms with Gasteiger partial charge >= 0.3 is 0 Å². The number of aliphatic hydroxyl groups excluding tert-OH is 1. The van der Waals surface area contributed by atoms with Crippen LogP contribution in [0.1, 0.15) is 32.3 Å². The number of rotatable bonds is 9. The molecule has 13 heteroatoms. The second-order valence-corrected chi connectivity index (χ2v) is 12.6. The van der Waals surface area contributed by atoms with Crippen molar-refractivity contribution in [3.8, 4) is 0 Å². The second-order valence-electron chi connectivity index (χ2n) is 10.9. The minimum Gasteiger partial charge on any atom is -0.392 e. The van der Waals surface area contributed by atoms with Crippen LogP contribution >= 0.6 is 0 Å². The lowest BCUT2D eigenvalue weighted by Crippen LogP contribution is -2.45. The Bertz CT molecular complexity index is 1500. The van der Waals surface area contributed by atoms with Crippen molar-refractivity contribution in [1.82, 2.24) is 29.0 Å². The maximum atomic E-state index is 14.0. The van der Waals surface area contributed by atoms with Gasteiger partial charge in [0.05, 0.1) is 34.8 Å². The van der Waals surface area contributed by atoms with Crippen molar-refractivity contribution in [2.75, 3.05) is 50.0 Å². The second kappa shape index (κ2) is 9.95. The van der Waals surface area contributed by atoms with Crippen molar-refractivity contribution in [3.63, 3.8) is 0 Å². The Morgan fingerprint density at radius 3 is 2.47 bits per heavy atom. The summed E-state index contributed by atoms with van der Waals surface area (Å²) in [7, 11) is -0.0190. The lowest BCUT2D eigenvalue weighted by Gasteiger charge is -2.34. The van der Waals surface area contributed by atoms with E-state index in [-0.39, 0.29) is 28.9 Å². The van der Waals surface area contributed by atoms with Crippen LogP contribution in [0.2, 0.25) is 0 Å². The molecule has 3 heterocycles. The average molecular weight is 545 g/mol. The van der Waals surface area contributed by atoms with E-state index in [4.69, 9.17) is 4.98 Å². The molecule has 38 heavy (non-hydrogen) atoms. The maximum Gasteiger partial charge on any atom is 0.263 e. The van der Waals surface area contributed by atoms with Crippen LogP contribution in [0.4, 0.5) is 11.6 Å². The monoisotopic (exact) mass is 544 g/mol. The normalized spacial score (nSPS) is 18.6. The molecular weight excluding hydrogens is 508 g/mol. The third-order valence-corrected chi connectivity index (χ3v) is 8.82. The predicted octanol–water partition coefficient (Wildman–Crippen LogP) is 0.554. The fraction of sp³-hybridized carbons (Fsp3) is 0.560. The number of anilines is 2. The Hall–Kier alpha value is -3.00. The van der Waals surface area contributed by atoms with Crippen molar-refractivity contribution in [2.45, 2.75) is 49.8 Å². The van der Waals surface area contributed by atoms with Gasteiger partial charge in [-0.25, -0.2) is 18.1 Å². The molecule has 0 radical (unpaired) electrons. The third kappa shape index (κ3) is 5.55. The Labute approximate surface area is 222 Å². The van der Waals surface area contributed by atoms with Gasteiger partial charge in [-0.3, -0.25) is 14.0 Å². The first kappa shape index (κ1) is 26.6. The van der Waals surface area contributed by atoms with Crippen molar-refractivity contribution < 1.29 is 13.5 Å². The summed E-state index contributed by atoms with van der Waals surface area (Å²) < 4.78 is 32.8. The Balaban J connectivity index is 1.70. The Morgan fingerprint density at radius 2 is 1.87 bits per heavy atom. The number of aliphatic hydroxyl groups is 1. The number of hydrogen-bond acceptors (Lipinski definition) is 9. The molecule has 2 aliphatic rings. The van der Waals surface area contributed by atoms with Crippen LogP contribution in [0.25, 0.3) is 10.9 Å². The summed E-state index contributed by atoms with van der Waals surface area (Å²) >= 11 is 0. The molecule has 5 rings (SSSR count). The molecule has 1 saturated carbocycles. The number of aromatic nitrogens is 4. The highest BCUT2D eigenvalue weighted by Crippen LogP contribution is 2.37. The summed E-state index contributed by atoms with van der Waals surface area (Å²) in [6.45, 7) is 6.89. The SMILES string of the molecule is C[C@H](O)CNc1nc2c(N3CCN(C)CC3)cc(S(=O)(=O)NC3(C)CC3)cc2c(=O)n1Cc1cnn(C)c1. The number of nitrogens with zero attached hydrogens (tertiary/aromatic N) is 6. The quantitative estimate of drug-likeness (QED) is 0.353. The van der Waals surface area contributed by atoms with Gasteiger partial charge in [-0.2, -0.15) is 5.10 Å². The van der Waals surface area contributed by atoms with Crippen LogP contribution in [0.15, 0.2) is 34.2 Å². The number of fused-ring (bicyclic) bond motifs is 1. The first-order valence-corrected chi connectivity index (χ1v) is 14.4. The molecule has 206 valence electrons. The van der Waals surface area contributed by atoms with Crippen LogP contribution in [-0.4, -0.2) is 89.2 Å². The van der Waals surface area contributed by atoms with Crippen LogP contribution in [0.5, 0.6) is 0 Å². The van der Waals surface area contributed by atoms with E-state index in [9.17, 15) is 18.3 Å². The van der Waals surface area contributed by atoms with E-state index in [2.05, 4.69) is 24.9 Å². The molecule has 0 bridgehead atoms. The van der Waals surface area contributed by atoms with E-state index in [0.29, 0.717) is 30.2 Å². The van der Waals surface area contributed by atoms with Crippen LogP contribution in [0.3, 0.4) is 0 Å². The number of sulfonamides is 1. The first-order valence-electron chi connectivity index (χ1n) is 12.9. The molecule has 1 aliphatic carbocycles. The predicted molar refractivity (Wildman–Crippen MR) is 146 cm³/mol. The minimum absolute atomic E-state index is 0.0589. The molecule has 1 aromatic carbocycles. The lowest BCUT2D eigenvalue weighted by atomic mass is 10.1. The molecule has 0 unspecified atom stereocenters. The van der Waals surface area contributed by atoms with Crippen LogP contribution < -0.4 is 20.5 Å². The summed E-state index contributed by atoms with van der Waals surface area (Å²) in [5, 5.41) is 17.5. The van der Waals surface area contributed by atoms with E-state index < -0.39 is 21.7 Å². The zero-order valence-electron chi connectivity index (χ0n) is 22.3. The van der Waals surface area contributed by atoms with Crippen molar-refractivity contribution in [1.29, 1.82) is 0 Å². The summed E-state index contributed by atoms with van der Waals surface area (Å²) in [5.74, 6) is 0.307. The summed E-state index contributed by atoms with van der Waals surface area (Å²) in [6.07, 6.45) is 4.39. The van der Waals surface area contributed by atoms with E-state index in [1.54, 1.807) is 30.9 Å². The Morgan fingerprint density at radius 1 is 1.16 bits per heavy atom. The van der Waals surface area contributed by atoms with Crippen molar-refractivity contribution in [2.24, 2.45) is 7.05 Å². The molecule has 0 amide bonds. The highest BCUT2D eigenvalue weighted by Gasteiger charge is 2.41. The summed E-state index contributed by atoms with van der Waals surface area (Å²) in [5.41, 5.74) is 1.03. The highest BCUT2D eigenvalue weighted by molar-refractivity contribution is 7.89. The van der Waals surface area contributed by atoms with Crippen LogP contribution in [-0.2, 0) is 23.6 Å². The number of piperazine rings is 1. The molecule has 3 aromatic rings. The van der Waals surface area contributed by atoms with E-state index in [1.165, 1.54) is 10.6 Å². The number of hydrogen-bond donors (Lipinski definition) is 3. The van der Waals surface area contributed by atoms with Gasteiger partial charge in [0, 0.05) is 57.1 Å². The van der Waals surface area contributed by atoms with Gasteiger partial charge in [0.15, 0.2) is 0 Å². The number of nitrogens with one attached hydrogen (secondary N) is 2. The number of aryl methyl sites for hydroxylation is 1. The fourth-order valence-electron chi connectivity index (χ4n) is 4.65. The van der Waals surface area contributed by atoms with Gasteiger partial charge in [0.1, 0.15) is 5.52 Å². The van der Waals surface area contributed by atoms with E-state index in [0.717, 1.165) is 31.5 Å². The average Bonchev–Trinajstić information content (AvgIpc) is 3.42. The van der Waals surface area contributed by atoms with Gasteiger partial charge in [-0.1, -0.05) is 0 Å². The lowest BCUT2D eigenvalue weighted by molar-refractivity contribution is 0.208. The van der Waals surface area contributed by atoms with E-state index >= 15 is 0 Å². The van der Waals surface area contributed by atoms with Gasteiger partial charge in [-0.15, -0.1) is 0 Å². The molecule has 12 nitrogen and oxygen atoms in total. The molecule has 2 fully saturated rings. The highest BCUT2D eigenvalue weighted by atomic mass is 32.2. The molecule has 1 atom stereocenters. The summed E-state index contributed by atoms with van der Waals surface area (Å²) in [4.78, 5) is 23.2. The molecule has 1 saturated heterocycles. The number of benzene rings is 1. The topological polar surface area (TPSA) is 138 Å². The van der Waals surface area contributed by atoms with Gasteiger partial charge in [0.2, 0.25) is 16.0 Å². The van der Waals surface area contributed by atoms with Crippen molar-refractivity contribution >= 4 is 32.6 Å². The molecule has 1 aliphatic heterocycles. The van der Waals surface area contributed by atoms with Crippen LogP contribution in [0, 0.1) is 0 Å². The summed E-state index contributed by atoms with van der Waals surface area (Å²) in [6, 6.07) is 3.08.